The topological polar surface area (TPSA) is 28.2 Å². The lowest BCUT2D eigenvalue weighted by Crippen LogP contribution is -2.42. The van der Waals surface area contributed by atoms with Crippen LogP contribution in [0.4, 0.5) is 13.2 Å². The molecule has 1 heterocycles. The Morgan fingerprint density at radius 1 is 1.37 bits per heavy atom. The van der Waals surface area contributed by atoms with E-state index in [-0.39, 0.29) is 6.04 Å². The summed E-state index contributed by atoms with van der Waals surface area (Å²) >= 11 is 0. The molecule has 0 spiro atoms. The third kappa shape index (κ3) is 6.54. The molecule has 0 radical (unpaired) electrons. The summed E-state index contributed by atoms with van der Waals surface area (Å²) in [6.07, 6.45) is -2.44. The second kappa shape index (κ2) is 7.45. The first-order valence-corrected chi connectivity index (χ1v) is 6.34. The minimum absolute atomic E-state index is 0.0226. The number of rotatable bonds is 7. The summed E-state index contributed by atoms with van der Waals surface area (Å²) in [7, 11) is 0. The predicted octanol–water partition coefficient (Wildman–Crippen LogP) is 2.44. The molecule has 6 heteroatoms. The van der Waals surface area contributed by atoms with Crippen molar-refractivity contribution < 1.29 is 13.2 Å². The van der Waals surface area contributed by atoms with Gasteiger partial charge in [-0.2, -0.15) is 13.2 Å². The number of nitrogens with one attached hydrogen (secondary N) is 1. The van der Waals surface area contributed by atoms with Gasteiger partial charge in [-0.1, -0.05) is 13.0 Å². The van der Waals surface area contributed by atoms with Crippen LogP contribution in [0.1, 0.15) is 19.5 Å². The molecule has 0 aliphatic carbocycles. The van der Waals surface area contributed by atoms with E-state index in [1.54, 1.807) is 6.20 Å². The molecular weight excluding hydrogens is 255 g/mol. The highest BCUT2D eigenvalue weighted by Crippen LogP contribution is 2.12. The summed E-state index contributed by atoms with van der Waals surface area (Å²) < 4.78 is 36.1. The predicted molar refractivity (Wildman–Crippen MR) is 68.7 cm³/mol. The summed E-state index contributed by atoms with van der Waals surface area (Å²) in [6.45, 7) is 4.68. The first kappa shape index (κ1) is 15.9. The van der Waals surface area contributed by atoms with Crippen LogP contribution in [0.5, 0.6) is 0 Å². The maximum atomic E-state index is 12.0. The van der Waals surface area contributed by atoms with Crippen molar-refractivity contribution in [3.05, 3.63) is 30.1 Å². The number of hydrogen-bond donors (Lipinski definition) is 1. The van der Waals surface area contributed by atoms with E-state index in [4.69, 9.17) is 0 Å². The first-order chi connectivity index (χ1) is 8.92. The molecule has 1 unspecified atom stereocenters. The molecule has 1 atom stereocenters. The average molecular weight is 275 g/mol. The van der Waals surface area contributed by atoms with Gasteiger partial charge in [-0.15, -0.1) is 0 Å². The Bertz CT molecular complexity index is 354. The van der Waals surface area contributed by atoms with Crippen LogP contribution >= 0.6 is 0 Å². The highest BCUT2D eigenvalue weighted by atomic mass is 19.4. The van der Waals surface area contributed by atoms with Crippen molar-refractivity contribution in [1.82, 2.24) is 15.2 Å². The lowest BCUT2D eigenvalue weighted by atomic mass is 10.2. The van der Waals surface area contributed by atoms with Crippen LogP contribution in [-0.4, -0.2) is 41.7 Å². The third-order valence-corrected chi connectivity index (χ3v) is 2.89. The molecule has 108 valence electrons. The number of nitrogens with zero attached hydrogens (tertiary/aromatic N) is 2. The number of alkyl halides is 3. The highest BCUT2D eigenvalue weighted by Gasteiger charge is 2.26. The monoisotopic (exact) mass is 275 g/mol. The van der Waals surface area contributed by atoms with E-state index in [0.717, 1.165) is 12.2 Å². The van der Waals surface area contributed by atoms with Crippen molar-refractivity contribution in [3.63, 3.8) is 0 Å². The average Bonchev–Trinajstić information content (AvgIpc) is 2.35. The molecule has 0 bridgehead atoms. The van der Waals surface area contributed by atoms with Gasteiger partial charge >= 0.3 is 6.18 Å². The number of hydrogen-bond acceptors (Lipinski definition) is 3. The molecular formula is C13H20F3N3. The Morgan fingerprint density at radius 3 is 2.63 bits per heavy atom. The minimum atomic E-state index is -4.16. The molecule has 1 N–H and O–H groups in total. The number of likely N-dealkylation sites (N-methyl/N-ethyl adjacent to an activating group) is 1. The van der Waals surface area contributed by atoms with Gasteiger partial charge in [0.1, 0.15) is 0 Å². The lowest BCUT2D eigenvalue weighted by molar-refractivity contribution is -0.125. The van der Waals surface area contributed by atoms with Gasteiger partial charge in [0.2, 0.25) is 0 Å². The van der Waals surface area contributed by atoms with Gasteiger partial charge in [0.05, 0.1) is 12.2 Å². The van der Waals surface area contributed by atoms with Crippen LogP contribution in [-0.2, 0) is 6.54 Å². The summed E-state index contributed by atoms with van der Waals surface area (Å²) in [5.41, 5.74) is 0.923. The Kier molecular flexibility index (Phi) is 6.24. The maximum absolute atomic E-state index is 12.0. The summed E-state index contributed by atoms with van der Waals surface area (Å²) in [5.74, 6) is 0. The third-order valence-electron chi connectivity index (χ3n) is 2.89. The molecule has 3 nitrogen and oxygen atoms in total. The zero-order chi connectivity index (χ0) is 14.3. The fraction of sp³-hybridized carbons (Fsp3) is 0.615. The molecule has 0 aliphatic heterocycles. The van der Waals surface area contributed by atoms with E-state index < -0.39 is 12.7 Å². The fourth-order valence-electron chi connectivity index (χ4n) is 1.83. The van der Waals surface area contributed by atoms with Crippen LogP contribution in [0, 0.1) is 0 Å². The van der Waals surface area contributed by atoms with E-state index in [0.29, 0.717) is 13.1 Å². The van der Waals surface area contributed by atoms with Crippen LogP contribution in [0.3, 0.4) is 0 Å². The highest BCUT2D eigenvalue weighted by molar-refractivity contribution is 5.03. The Labute approximate surface area is 111 Å². The van der Waals surface area contributed by atoms with E-state index in [1.807, 2.05) is 32.0 Å². The molecule has 19 heavy (non-hydrogen) atoms. The van der Waals surface area contributed by atoms with Gasteiger partial charge in [0.25, 0.3) is 0 Å². The van der Waals surface area contributed by atoms with Crippen LogP contribution in [0.15, 0.2) is 24.4 Å². The van der Waals surface area contributed by atoms with E-state index in [9.17, 15) is 13.2 Å². The van der Waals surface area contributed by atoms with Crippen LogP contribution < -0.4 is 5.32 Å². The van der Waals surface area contributed by atoms with Crippen molar-refractivity contribution >= 4 is 0 Å². The first-order valence-electron chi connectivity index (χ1n) is 6.34. The largest absolute Gasteiger partial charge is 0.401 e. The smallest absolute Gasteiger partial charge is 0.307 e. The van der Waals surface area contributed by atoms with E-state index >= 15 is 0 Å². The fourth-order valence-corrected chi connectivity index (χ4v) is 1.83. The van der Waals surface area contributed by atoms with Crippen molar-refractivity contribution in [2.75, 3.05) is 19.6 Å². The quantitative estimate of drug-likeness (QED) is 0.828. The molecule has 0 saturated heterocycles. The van der Waals surface area contributed by atoms with Crippen LogP contribution in [0.2, 0.25) is 0 Å². The number of pyridine rings is 1. The second-order valence-corrected chi connectivity index (χ2v) is 4.48. The molecule has 1 rings (SSSR count). The van der Waals surface area contributed by atoms with Gasteiger partial charge in [0, 0.05) is 25.3 Å². The molecule has 0 aliphatic rings. The van der Waals surface area contributed by atoms with Crippen LogP contribution in [0.25, 0.3) is 0 Å². The molecule has 0 aromatic carbocycles. The van der Waals surface area contributed by atoms with Gasteiger partial charge < -0.3 is 5.32 Å². The van der Waals surface area contributed by atoms with Gasteiger partial charge in [-0.25, -0.2) is 0 Å². The lowest BCUT2D eigenvalue weighted by Gasteiger charge is -2.27. The van der Waals surface area contributed by atoms with Gasteiger partial charge in [-0.05, 0) is 25.6 Å². The van der Waals surface area contributed by atoms with E-state index in [2.05, 4.69) is 15.2 Å². The number of halogens is 3. The molecule has 0 saturated carbocycles. The summed E-state index contributed by atoms with van der Waals surface area (Å²) in [6, 6.07) is 5.68. The Morgan fingerprint density at radius 2 is 2.11 bits per heavy atom. The Hall–Kier alpha value is -1.14. The summed E-state index contributed by atoms with van der Waals surface area (Å²) in [4.78, 5) is 6.32. The molecule has 0 amide bonds. The zero-order valence-electron chi connectivity index (χ0n) is 11.2. The summed E-state index contributed by atoms with van der Waals surface area (Å²) in [5, 5.41) is 2.44. The second-order valence-electron chi connectivity index (χ2n) is 4.48. The van der Waals surface area contributed by atoms with Crippen molar-refractivity contribution in [1.29, 1.82) is 0 Å². The number of aromatic nitrogens is 1. The maximum Gasteiger partial charge on any atom is 0.401 e. The molecule has 0 fully saturated rings. The normalized spacial score (nSPS) is 13.8. The SMILES string of the molecule is CCN(Cc1ccccn1)C(C)CNCC(F)(F)F. The van der Waals surface area contributed by atoms with E-state index in [1.165, 1.54) is 0 Å². The molecule has 1 aromatic heterocycles. The van der Waals surface area contributed by atoms with Gasteiger partial charge in [-0.3, -0.25) is 9.88 Å². The van der Waals surface area contributed by atoms with Crippen molar-refractivity contribution in [3.8, 4) is 0 Å². The van der Waals surface area contributed by atoms with Crippen molar-refractivity contribution in [2.24, 2.45) is 0 Å². The standard InChI is InChI=1S/C13H20F3N3/c1-3-19(9-12-6-4-5-7-18-12)11(2)8-17-10-13(14,15)16/h4-7,11,17H,3,8-10H2,1-2H3. The van der Waals surface area contributed by atoms with Crippen molar-refractivity contribution in [2.45, 2.75) is 32.6 Å². The zero-order valence-corrected chi connectivity index (χ0v) is 11.2. The molecule has 1 aromatic rings. The minimum Gasteiger partial charge on any atom is -0.307 e. The Balaban J connectivity index is 2.41. The van der Waals surface area contributed by atoms with Gasteiger partial charge in [0.15, 0.2) is 0 Å².